The molecule has 2 aromatic rings. The standard InChI is InChI=1S/C15H19NO3/c1-11(17)8-9-16-10-12(6-7-15(18)19)13-4-2-3-5-14(13)16/h2-5,10-11,17H,6-9H2,1H3,(H,18,19). The maximum Gasteiger partial charge on any atom is 0.303 e. The van der Waals surface area contributed by atoms with E-state index >= 15 is 0 Å². The molecule has 4 nitrogen and oxygen atoms in total. The minimum absolute atomic E-state index is 0.143. The molecule has 19 heavy (non-hydrogen) atoms. The molecule has 0 fully saturated rings. The second-order valence-electron chi connectivity index (χ2n) is 4.90. The average molecular weight is 261 g/mol. The molecule has 1 atom stereocenters. The van der Waals surface area contributed by atoms with Crippen molar-refractivity contribution in [2.24, 2.45) is 0 Å². The van der Waals surface area contributed by atoms with Crippen LogP contribution in [0.5, 0.6) is 0 Å². The molecule has 0 amide bonds. The van der Waals surface area contributed by atoms with E-state index in [1.54, 1.807) is 6.92 Å². The van der Waals surface area contributed by atoms with Gasteiger partial charge in [-0.1, -0.05) is 18.2 Å². The largest absolute Gasteiger partial charge is 0.481 e. The van der Waals surface area contributed by atoms with E-state index in [2.05, 4.69) is 4.57 Å². The first-order chi connectivity index (χ1) is 9.08. The number of para-hydroxylation sites is 1. The van der Waals surface area contributed by atoms with E-state index in [1.165, 1.54) is 0 Å². The lowest BCUT2D eigenvalue weighted by Gasteiger charge is -2.06. The van der Waals surface area contributed by atoms with Crippen molar-refractivity contribution >= 4 is 16.9 Å². The summed E-state index contributed by atoms with van der Waals surface area (Å²) in [6.45, 7) is 2.52. The fraction of sp³-hybridized carbons (Fsp3) is 0.400. The number of fused-ring (bicyclic) bond motifs is 1. The van der Waals surface area contributed by atoms with Crippen LogP contribution in [0.25, 0.3) is 10.9 Å². The molecule has 0 aliphatic rings. The zero-order chi connectivity index (χ0) is 13.8. The number of aromatic nitrogens is 1. The number of aliphatic hydroxyl groups is 1. The number of carboxylic acid groups (broad SMARTS) is 1. The van der Waals surface area contributed by atoms with Gasteiger partial charge in [-0.05, 0) is 31.4 Å². The lowest BCUT2D eigenvalue weighted by atomic mass is 10.1. The van der Waals surface area contributed by atoms with Crippen LogP contribution in [0.15, 0.2) is 30.5 Å². The number of nitrogens with zero attached hydrogens (tertiary/aromatic N) is 1. The van der Waals surface area contributed by atoms with Crippen LogP contribution in [-0.2, 0) is 17.8 Å². The van der Waals surface area contributed by atoms with E-state index in [4.69, 9.17) is 5.11 Å². The molecular weight excluding hydrogens is 242 g/mol. The fourth-order valence-electron chi connectivity index (χ4n) is 2.27. The topological polar surface area (TPSA) is 62.5 Å². The molecule has 2 rings (SSSR count). The molecule has 0 radical (unpaired) electrons. The van der Waals surface area contributed by atoms with Crippen LogP contribution in [-0.4, -0.2) is 26.9 Å². The third-order valence-corrected chi connectivity index (χ3v) is 3.27. The smallest absolute Gasteiger partial charge is 0.303 e. The van der Waals surface area contributed by atoms with Crippen molar-refractivity contribution in [2.45, 2.75) is 38.8 Å². The number of aryl methyl sites for hydroxylation is 2. The Morgan fingerprint density at radius 3 is 2.79 bits per heavy atom. The van der Waals surface area contributed by atoms with Gasteiger partial charge in [-0.3, -0.25) is 4.79 Å². The van der Waals surface area contributed by atoms with Gasteiger partial charge in [0.15, 0.2) is 0 Å². The van der Waals surface area contributed by atoms with E-state index in [1.807, 2.05) is 30.5 Å². The van der Waals surface area contributed by atoms with E-state index in [0.717, 1.165) is 23.0 Å². The minimum Gasteiger partial charge on any atom is -0.481 e. The van der Waals surface area contributed by atoms with Crippen LogP contribution in [0.2, 0.25) is 0 Å². The SMILES string of the molecule is CC(O)CCn1cc(CCC(=O)O)c2ccccc21. The average Bonchev–Trinajstić information content (AvgIpc) is 2.72. The predicted molar refractivity (Wildman–Crippen MR) is 74.2 cm³/mol. The number of hydrogen-bond donors (Lipinski definition) is 2. The fourth-order valence-corrected chi connectivity index (χ4v) is 2.27. The molecule has 102 valence electrons. The summed E-state index contributed by atoms with van der Waals surface area (Å²) in [6, 6.07) is 7.99. The van der Waals surface area contributed by atoms with Crippen LogP contribution in [0.4, 0.5) is 0 Å². The lowest BCUT2D eigenvalue weighted by molar-refractivity contribution is -0.136. The number of carbonyl (C=O) groups is 1. The van der Waals surface area contributed by atoms with Gasteiger partial charge in [0.1, 0.15) is 0 Å². The van der Waals surface area contributed by atoms with Crippen LogP contribution in [0.1, 0.15) is 25.3 Å². The highest BCUT2D eigenvalue weighted by Crippen LogP contribution is 2.23. The molecule has 1 aromatic carbocycles. The molecule has 0 saturated heterocycles. The number of aliphatic hydroxyl groups excluding tert-OH is 1. The maximum absolute atomic E-state index is 10.7. The van der Waals surface area contributed by atoms with Gasteiger partial charge in [0.25, 0.3) is 0 Å². The minimum atomic E-state index is -0.777. The van der Waals surface area contributed by atoms with Crippen LogP contribution in [0, 0.1) is 0 Å². The summed E-state index contributed by atoms with van der Waals surface area (Å²) < 4.78 is 2.10. The summed E-state index contributed by atoms with van der Waals surface area (Å²) in [5, 5.41) is 19.3. The molecule has 0 aliphatic heterocycles. The van der Waals surface area contributed by atoms with Crippen molar-refractivity contribution in [1.29, 1.82) is 0 Å². The van der Waals surface area contributed by atoms with E-state index in [0.29, 0.717) is 12.8 Å². The van der Waals surface area contributed by atoms with Gasteiger partial charge in [0.2, 0.25) is 0 Å². The van der Waals surface area contributed by atoms with Gasteiger partial charge in [-0.15, -0.1) is 0 Å². The van der Waals surface area contributed by atoms with Crippen molar-refractivity contribution in [2.75, 3.05) is 0 Å². The van der Waals surface area contributed by atoms with Crippen LogP contribution >= 0.6 is 0 Å². The molecule has 1 heterocycles. The van der Waals surface area contributed by atoms with Crippen molar-refractivity contribution in [3.63, 3.8) is 0 Å². The molecule has 1 unspecified atom stereocenters. The summed E-state index contributed by atoms with van der Waals surface area (Å²) in [5.74, 6) is -0.777. The highest BCUT2D eigenvalue weighted by Gasteiger charge is 2.09. The van der Waals surface area contributed by atoms with Gasteiger partial charge in [0.05, 0.1) is 6.10 Å². The summed E-state index contributed by atoms with van der Waals surface area (Å²) in [7, 11) is 0. The van der Waals surface area contributed by atoms with Crippen LogP contribution < -0.4 is 0 Å². The van der Waals surface area contributed by atoms with Gasteiger partial charge < -0.3 is 14.8 Å². The number of benzene rings is 1. The Labute approximate surface area is 112 Å². The number of carboxylic acids is 1. The van der Waals surface area contributed by atoms with Crippen molar-refractivity contribution in [3.8, 4) is 0 Å². The van der Waals surface area contributed by atoms with Crippen molar-refractivity contribution < 1.29 is 15.0 Å². The van der Waals surface area contributed by atoms with E-state index in [-0.39, 0.29) is 12.5 Å². The van der Waals surface area contributed by atoms with E-state index < -0.39 is 5.97 Å². The molecule has 1 aromatic heterocycles. The second-order valence-corrected chi connectivity index (χ2v) is 4.90. The maximum atomic E-state index is 10.7. The molecule has 0 spiro atoms. The summed E-state index contributed by atoms with van der Waals surface area (Å²) in [4.78, 5) is 10.7. The highest BCUT2D eigenvalue weighted by molar-refractivity contribution is 5.84. The molecule has 0 bridgehead atoms. The third-order valence-electron chi connectivity index (χ3n) is 3.27. The Hall–Kier alpha value is -1.81. The second kappa shape index (κ2) is 5.89. The normalized spacial score (nSPS) is 12.7. The summed E-state index contributed by atoms with van der Waals surface area (Å²) in [5.41, 5.74) is 2.16. The Kier molecular flexibility index (Phi) is 4.22. The predicted octanol–water partition coefficient (Wildman–Crippen LogP) is 2.43. The molecular formula is C15H19NO3. The van der Waals surface area contributed by atoms with Gasteiger partial charge in [0, 0.05) is 30.1 Å². The van der Waals surface area contributed by atoms with Gasteiger partial charge in [-0.25, -0.2) is 0 Å². The Balaban J connectivity index is 2.28. The Bertz CT molecular complexity index is 572. The quantitative estimate of drug-likeness (QED) is 0.839. The first kappa shape index (κ1) is 13.6. The molecule has 4 heteroatoms. The van der Waals surface area contributed by atoms with Crippen LogP contribution in [0.3, 0.4) is 0 Å². The highest BCUT2D eigenvalue weighted by atomic mass is 16.4. The lowest BCUT2D eigenvalue weighted by Crippen LogP contribution is -2.06. The van der Waals surface area contributed by atoms with Gasteiger partial charge in [-0.2, -0.15) is 0 Å². The van der Waals surface area contributed by atoms with Crippen molar-refractivity contribution in [1.82, 2.24) is 4.57 Å². The number of hydrogen-bond acceptors (Lipinski definition) is 2. The number of aliphatic carboxylic acids is 1. The van der Waals surface area contributed by atoms with E-state index in [9.17, 15) is 9.90 Å². The Morgan fingerprint density at radius 2 is 2.11 bits per heavy atom. The summed E-state index contributed by atoms with van der Waals surface area (Å²) in [6.07, 6.45) is 3.05. The van der Waals surface area contributed by atoms with Crippen molar-refractivity contribution in [3.05, 3.63) is 36.0 Å². The Morgan fingerprint density at radius 1 is 1.37 bits per heavy atom. The monoisotopic (exact) mass is 261 g/mol. The summed E-state index contributed by atoms with van der Waals surface area (Å²) >= 11 is 0. The molecule has 0 aliphatic carbocycles. The number of rotatable bonds is 6. The molecule has 0 saturated carbocycles. The zero-order valence-electron chi connectivity index (χ0n) is 11.0. The first-order valence-electron chi connectivity index (χ1n) is 6.54. The third kappa shape index (κ3) is 3.35. The van der Waals surface area contributed by atoms with Gasteiger partial charge >= 0.3 is 5.97 Å². The first-order valence-corrected chi connectivity index (χ1v) is 6.54. The zero-order valence-corrected chi connectivity index (χ0v) is 11.0. The molecule has 2 N–H and O–H groups in total.